The summed E-state index contributed by atoms with van der Waals surface area (Å²) >= 11 is 3.36. The predicted octanol–water partition coefficient (Wildman–Crippen LogP) is 3.99. The zero-order chi connectivity index (χ0) is 18.0. The second kappa shape index (κ2) is 17.9. The van der Waals surface area contributed by atoms with Gasteiger partial charge in [-0.25, -0.2) is 10.6 Å². The lowest BCUT2D eigenvalue weighted by molar-refractivity contribution is 0.0527. The molecule has 5 nitrogen and oxygen atoms in total. The van der Waals surface area contributed by atoms with Crippen molar-refractivity contribution in [3.63, 3.8) is 0 Å². The number of hydrogen-bond donors (Lipinski definition) is 3. The van der Waals surface area contributed by atoms with Gasteiger partial charge < -0.3 is 9.84 Å². The topological polar surface area (TPSA) is 84.6 Å². The molecule has 0 unspecified atom stereocenters. The Morgan fingerprint density at radius 2 is 1.68 bits per heavy atom. The monoisotopic (exact) mass is 378 g/mol. The highest BCUT2D eigenvalue weighted by Crippen LogP contribution is 2.05. The lowest BCUT2D eigenvalue weighted by atomic mass is 10.2. The molecule has 0 aliphatic heterocycles. The molecule has 6 heteroatoms. The fourth-order valence-electron chi connectivity index (χ4n) is 0.875. The lowest BCUT2D eigenvalue weighted by Crippen LogP contribution is -2.36. The molecular weight excluding hydrogens is 348 g/mol. The Labute approximate surface area is 143 Å². The van der Waals surface area contributed by atoms with Crippen LogP contribution in [0.5, 0.6) is 0 Å². The van der Waals surface area contributed by atoms with E-state index in [-0.39, 0.29) is 6.61 Å². The largest absolute Gasteiger partial charge is 0.443 e. The average molecular weight is 379 g/mol. The van der Waals surface area contributed by atoms with Crippen LogP contribution in [-0.2, 0) is 10.1 Å². The fourth-order valence-corrected chi connectivity index (χ4v) is 1.25. The van der Waals surface area contributed by atoms with E-state index in [1.807, 2.05) is 37.5 Å². The first-order valence-corrected chi connectivity index (χ1v) is 8.33. The van der Waals surface area contributed by atoms with Crippen molar-refractivity contribution in [2.45, 2.75) is 52.5 Å². The van der Waals surface area contributed by atoms with Gasteiger partial charge in [-0.3, -0.25) is 5.43 Å². The van der Waals surface area contributed by atoms with Crippen LogP contribution in [0.15, 0.2) is 30.3 Å². The molecule has 1 rings (SSSR count). The number of carbonyl (C=O) groups is 1. The maximum Gasteiger partial charge on any atom is 0.421 e. The molecule has 0 aromatic heterocycles. The number of nitrogens with two attached hydrogens (primary N) is 1. The molecule has 1 aromatic carbocycles. The lowest BCUT2D eigenvalue weighted by Gasteiger charge is -2.18. The van der Waals surface area contributed by atoms with Gasteiger partial charge in [0.1, 0.15) is 5.60 Å². The van der Waals surface area contributed by atoms with E-state index in [1.54, 1.807) is 27.7 Å². The molecule has 22 heavy (non-hydrogen) atoms. The van der Waals surface area contributed by atoms with Gasteiger partial charge in [0.05, 0.1) is 0 Å². The number of benzene rings is 1. The molecule has 0 bridgehead atoms. The van der Waals surface area contributed by atoms with E-state index in [4.69, 9.17) is 15.7 Å². The van der Waals surface area contributed by atoms with Crippen molar-refractivity contribution in [3.05, 3.63) is 35.9 Å². The second-order valence-electron chi connectivity index (χ2n) is 4.58. The number of amides is 1. The first-order chi connectivity index (χ1) is 10.3. The van der Waals surface area contributed by atoms with Crippen molar-refractivity contribution in [1.29, 1.82) is 0 Å². The van der Waals surface area contributed by atoms with Crippen molar-refractivity contribution in [2.24, 2.45) is 5.84 Å². The summed E-state index contributed by atoms with van der Waals surface area (Å²) in [5.74, 6) is 4.75. The van der Waals surface area contributed by atoms with Crippen LogP contribution in [0.25, 0.3) is 0 Å². The Balaban J connectivity index is -0.000000255. The highest BCUT2D eigenvalue weighted by atomic mass is 79.9. The van der Waals surface area contributed by atoms with Gasteiger partial charge in [-0.05, 0) is 33.3 Å². The maximum atomic E-state index is 10.4. The zero-order valence-corrected chi connectivity index (χ0v) is 16.1. The molecule has 0 fully saturated rings. The first-order valence-electron chi connectivity index (χ1n) is 7.21. The summed E-state index contributed by atoms with van der Waals surface area (Å²) in [5, 5.41) is 8.52. The Kier molecular flexibility index (Phi) is 21.1. The molecule has 0 aliphatic carbocycles. The number of hydrazine groups is 1. The minimum atomic E-state index is -0.609. The van der Waals surface area contributed by atoms with Crippen LogP contribution in [0.4, 0.5) is 4.79 Å². The first kappa shape index (κ1) is 25.8. The summed E-state index contributed by atoms with van der Waals surface area (Å²) in [6.45, 7) is 11.2. The van der Waals surface area contributed by atoms with Gasteiger partial charge in [0.25, 0.3) is 0 Å². The third-order valence-corrected chi connectivity index (χ3v) is 2.16. The highest BCUT2D eigenvalue weighted by molar-refractivity contribution is 9.08. The second-order valence-corrected chi connectivity index (χ2v) is 5.14. The van der Waals surface area contributed by atoms with Gasteiger partial charge >= 0.3 is 6.09 Å². The van der Waals surface area contributed by atoms with E-state index < -0.39 is 11.7 Å². The smallest absolute Gasteiger partial charge is 0.421 e. The number of aliphatic hydroxyl groups is 1. The summed E-state index contributed by atoms with van der Waals surface area (Å²) in [6.07, 6.45) is -0.609. The number of halogens is 1. The molecule has 0 saturated carbocycles. The SMILES string of the molecule is BrCc1ccccc1.CC.CC(C)(C)OC(=O)NN.CCO. The molecule has 0 aliphatic rings. The predicted molar refractivity (Wildman–Crippen MR) is 96.7 cm³/mol. The van der Waals surface area contributed by atoms with Crippen LogP contribution < -0.4 is 11.3 Å². The normalized spacial score (nSPS) is 8.77. The molecule has 4 N–H and O–H groups in total. The van der Waals surface area contributed by atoms with Crippen molar-refractivity contribution < 1.29 is 14.6 Å². The van der Waals surface area contributed by atoms with Gasteiger partial charge in [-0.1, -0.05) is 60.1 Å². The Hall–Kier alpha value is -1.11. The number of ether oxygens (including phenoxy) is 1. The number of carbonyl (C=O) groups excluding carboxylic acids is 1. The Morgan fingerprint density at radius 3 is 1.86 bits per heavy atom. The van der Waals surface area contributed by atoms with Crippen LogP contribution in [0, 0.1) is 0 Å². The van der Waals surface area contributed by atoms with E-state index in [9.17, 15) is 4.79 Å². The zero-order valence-electron chi connectivity index (χ0n) is 14.5. The molecule has 0 spiro atoms. The molecule has 0 saturated heterocycles. The minimum Gasteiger partial charge on any atom is -0.443 e. The third-order valence-electron chi connectivity index (χ3n) is 1.51. The van der Waals surface area contributed by atoms with E-state index in [2.05, 4.69) is 28.1 Å². The van der Waals surface area contributed by atoms with Crippen LogP contribution in [-0.4, -0.2) is 23.4 Å². The van der Waals surface area contributed by atoms with Gasteiger partial charge in [-0.2, -0.15) is 0 Å². The third kappa shape index (κ3) is 23.9. The summed E-state index contributed by atoms with van der Waals surface area (Å²) in [6, 6.07) is 10.3. The quantitative estimate of drug-likeness (QED) is 0.298. The maximum absolute atomic E-state index is 10.4. The van der Waals surface area contributed by atoms with E-state index in [0.29, 0.717) is 0 Å². The van der Waals surface area contributed by atoms with Crippen LogP contribution in [0.2, 0.25) is 0 Å². The summed E-state index contributed by atoms with van der Waals surface area (Å²) in [7, 11) is 0. The molecule has 0 radical (unpaired) electrons. The molecule has 1 aromatic rings. The number of aliphatic hydroxyl groups excluding tert-OH is 1. The van der Waals surface area contributed by atoms with E-state index in [1.165, 1.54) is 5.56 Å². The summed E-state index contributed by atoms with van der Waals surface area (Å²) < 4.78 is 4.71. The van der Waals surface area contributed by atoms with Crippen molar-refractivity contribution in [3.8, 4) is 0 Å². The molecular formula is C16H31BrN2O3. The molecule has 130 valence electrons. The summed E-state index contributed by atoms with van der Waals surface area (Å²) in [5.41, 5.74) is 2.72. The van der Waals surface area contributed by atoms with Gasteiger partial charge in [0.15, 0.2) is 0 Å². The van der Waals surface area contributed by atoms with Gasteiger partial charge in [0.2, 0.25) is 0 Å². The number of nitrogens with one attached hydrogen (secondary N) is 1. The number of hydrogen-bond acceptors (Lipinski definition) is 4. The van der Waals surface area contributed by atoms with E-state index >= 15 is 0 Å². The Bertz CT molecular complexity index is 341. The molecule has 0 heterocycles. The fraction of sp³-hybridized carbons (Fsp3) is 0.562. The molecule has 1 amide bonds. The molecule has 0 atom stereocenters. The van der Waals surface area contributed by atoms with Crippen LogP contribution >= 0.6 is 15.9 Å². The summed E-state index contributed by atoms with van der Waals surface area (Å²) in [4.78, 5) is 10.4. The van der Waals surface area contributed by atoms with Gasteiger partial charge in [-0.15, -0.1) is 0 Å². The number of rotatable bonds is 1. The number of alkyl halides is 1. The standard InChI is InChI=1S/C7H7Br.C5H12N2O2.C2H6O.C2H6/c8-6-7-4-2-1-3-5-7;1-5(2,3)9-4(8)7-6;1-2-3;1-2/h1-5H,6H2;6H2,1-3H3,(H,7,8);3H,2H2,1H3;1-2H3. The Morgan fingerprint density at radius 1 is 1.27 bits per heavy atom. The van der Waals surface area contributed by atoms with Crippen LogP contribution in [0.3, 0.4) is 0 Å². The van der Waals surface area contributed by atoms with Crippen molar-refractivity contribution in [2.75, 3.05) is 6.61 Å². The van der Waals surface area contributed by atoms with Gasteiger partial charge in [0, 0.05) is 11.9 Å². The van der Waals surface area contributed by atoms with Crippen molar-refractivity contribution in [1.82, 2.24) is 5.43 Å². The highest BCUT2D eigenvalue weighted by Gasteiger charge is 2.14. The average Bonchev–Trinajstić information content (AvgIpc) is 2.50. The van der Waals surface area contributed by atoms with Crippen LogP contribution in [0.1, 0.15) is 47.1 Å². The minimum absolute atomic E-state index is 0.250. The van der Waals surface area contributed by atoms with Crippen molar-refractivity contribution >= 4 is 22.0 Å². The van der Waals surface area contributed by atoms with E-state index in [0.717, 1.165) is 5.33 Å².